The molecule has 0 radical (unpaired) electrons. The summed E-state index contributed by atoms with van der Waals surface area (Å²) in [4.78, 5) is 5.19. The van der Waals surface area contributed by atoms with Gasteiger partial charge in [0, 0.05) is 32.5 Å². The van der Waals surface area contributed by atoms with Crippen LogP contribution in [-0.4, -0.2) is 4.98 Å². The third-order valence-electron chi connectivity index (χ3n) is 11.1. The summed E-state index contributed by atoms with van der Waals surface area (Å²) in [6, 6.07) is 67.9. The lowest BCUT2D eigenvalue weighted by Crippen LogP contribution is -2.28. The first kappa shape index (κ1) is 29.0. The van der Waals surface area contributed by atoms with Crippen LogP contribution >= 0.6 is 0 Å². The minimum Gasteiger partial charge on any atom is -0.456 e. The topological polar surface area (TPSA) is 26.0 Å². The van der Waals surface area contributed by atoms with Gasteiger partial charge in [-0.25, -0.2) is 4.98 Å². The summed E-state index contributed by atoms with van der Waals surface area (Å²) in [5.74, 6) is 0. The van der Waals surface area contributed by atoms with Gasteiger partial charge in [-0.3, -0.25) is 0 Å². The monoisotopic (exact) mass is 661 g/mol. The van der Waals surface area contributed by atoms with Gasteiger partial charge in [0.05, 0.1) is 16.6 Å². The number of fused-ring (bicyclic) bond motifs is 10. The summed E-state index contributed by atoms with van der Waals surface area (Å²) in [6.45, 7) is 0. The predicted molar refractivity (Wildman–Crippen MR) is 215 cm³/mol. The van der Waals surface area contributed by atoms with Crippen molar-refractivity contribution in [3.8, 4) is 33.5 Å². The van der Waals surface area contributed by atoms with Crippen molar-refractivity contribution in [3.05, 3.63) is 210 Å². The van der Waals surface area contributed by atoms with E-state index in [0.717, 1.165) is 55.0 Å². The van der Waals surface area contributed by atoms with Gasteiger partial charge >= 0.3 is 0 Å². The smallest absolute Gasteiger partial charge is 0.136 e. The fourth-order valence-corrected chi connectivity index (χ4v) is 8.93. The van der Waals surface area contributed by atoms with Crippen LogP contribution in [0, 0.1) is 0 Å². The number of hydrogen-bond donors (Lipinski definition) is 0. The molecule has 1 aliphatic carbocycles. The number of pyridine rings is 1. The lowest BCUT2D eigenvalue weighted by atomic mass is 9.67. The zero-order chi connectivity index (χ0) is 34.2. The van der Waals surface area contributed by atoms with E-state index in [1.54, 1.807) is 0 Å². The van der Waals surface area contributed by atoms with E-state index < -0.39 is 5.41 Å². The second-order valence-corrected chi connectivity index (χ2v) is 13.8. The van der Waals surface area contributed by atoms with Gasteiger partial charge in [0.1, 0.15) is 11.2 Å². The van der Waals surface area contributed by atoms with Crippen molar-refractivity contribution in [1.82, 2.24) is 4.98 Å². The molecule has 11 rings (SSSR count). The molecule has 242 valence electrons. The maximum atomic E-state index is 6.59. The zero-order valence-electron chi connectivity index (χ0n) is 28.3. The first-order valence-corrected chi connectivity index (χ1v) is 17.9. The Kier molecular flexibility index (Phi) is 6.20. The molecule has 52 heavy (non-hydrogen) atoms. The molecule has 0 amide bonds. The summed E-state index contributed by atoms with van der Waals surface area (Å²) >= 11 is 0. The quantitative estimate of drug-likeness (QED) is 0.175. The number of aromatic nitrogens is 1. The highest BCUT2D eigenvalue weighted by Crippen LogP contribution is 2.56. The molecule has 8 aromatic carbocycles. The SMILES string of the molecule is c1ccc(-c2nc3ccccc3c3c2ccc2oc4ccc(-c5ccc6c(c5)C(c5ccccc5)(c5ccccc5)c5ccccc5-6)cc4c23)cc1. The molecule has 2 heterocycles. The van der Waals surface area contributed by atoms with Crippen molar-refractivity contribution in [3.63, 3.8) is 0 Å². The minimum atomic E-state index is -0.452. The summed E-state index contributed by atoms with van der Waals surface area (Å²) in [5.41, 5.74) is 14.4. The third kappa shape index (κ3) is 4.03. The van der Waals surface area contributed by atoms with E-state index in [1.807, 2.05) is 0 Å². The molecule has 0 N–H and O–H groups in total. The van der Waals surface area contributed by atoms with Crippen LogP contribution in [0.3, 0.4) is 0 Å². The van der Waals surface area contributed by atoms with Gasteiger partial charge in [0.2, 0.25) is 0 Å². The summed E-state index contributed by atoms with van der Waals surface area (Å²) in [6.07, 6.45) is 0. The van der Waals surface area contributed by atoms with Gasteiger partial charge in [-0.05, 0) is 80.9 Å². The summed E-state index contributed by atoms with van der Waals surface area (Å²) in [5, 5.41) is 5.66. The van der Waals surface area contributed by atoms with Crippen LogP contribution < -0.4 is 0 Å². The van der Waals surface area contributed by atoms with E-state index in [9.17, 15) is 0 Å². The molecule has 0 bridgehead atoms. The molecule has 2 nitrogen and oxygen atoms in total. The van der Waals surface area contributed by atoms with Crippen molar-refractivity contribution >= 4 is 43.6 Å². The lowest BCUT2D eigenvalue weighted by Gasteiger charge is -2.34. The van der Waals surface area contributed by atoms with E-state index in [-0.39, 0.29) is 0 Å². The molecule has 0 unspecified atom stereocenters. The lowest BCUT2D eigenvalue weighted by molar-refractivity contribution is 0.669. The Balaban J connectivity index is 1.18. The van der Waals surface area contributed by atoms with E-state index in [4.69, 9.17) is 9.40 Å². The average molecular weight is 662 g/mol. The number of hydrogen-bond acceptors (Lipinski definition) is 2. The van der Waals surface area contributed by atoms with Gasteiger partial charge < -0.3 is 4.42 Å². The Labute approximate surface area is 301 Å². The van der Waals surface area contributed by atoms with Crippen LogP contribution in [0.25, 0.3) is 77.1 Å². The maximum absolute atomic E-state index is 6.59. The molecule has 0 spiro atoms. The largest absolute Gasteiger partial charge is 0.456 e. The summed E-state index contributed by atoms with van der Waals surface area (Å²) in [7, 11) is 0. The maximum Gasteiger partial charge on any atom is 0.136 e. The second-order valence-electron chi connectivity index (χ2n) is 13.8. The Morgan fingerprint density at radius 3 is 1.79 bits per heavy atom. The molecule has 10 aromatic rings. The first-order valence-electron chi connectivity index (χ1n) is 17.9. The standard InChI is InChI=1S/C50H31NO/c1-4-14-32(15-5-1)49-40-27-29-46-48(47(40)39-21-11-13-23-44(39)51-49)41-30-33(25-28-45(41)52-46)34-24-26-38-37-20-10-12-22-42(37)50(43(38)31-34,35-16-6-2-7-17-35)36-18-8-3-9-19-36/h1-31H. The Morgan fingerprint density at radius 1 is 0.385 bits per heavy atom. The molecule has 1 aliphatic rings. The number of nitrogens with zero attached hydrogens (tertiary/aromatic N) is 1. The number of para-hydroxylation sites is 1. The fraction of sp³-hybridized carbons (Fsp3) is 0.0200. The molecule has 0 fully saturated rings. The minimum absolute atomic E-state index is 0.452. The highest BCUT2D eigenvalue weighted by Gasteiger charge is 2.46. The van der Waals surface area contributed by atoms with Crippen LogP contribution in [0.15, 0.2) is 192 Å². The molecule has 0 saturated carbocycles. The average Bonchev–Trinajstić information content (AvgIpc) is 3.74. The third-order valence-corrected chi connectivity index (χ3v) is 11.1. The molecule has 0 aliphatic heterocycles. The number of furan rings is 1. The molecule has 0 saturated heterocycles. The van der Waals surface area contributed by atoms with Crippen LogP contribution in [0.1, 0.15) is 22.3 Å². The second kappa shape index (κ2) is 11.1. The van der Waals surface area contributed by atoms with Crippen molar-refractivity contribution in [2.45, 2.75) is 5.41 Å². The fourth-order valence-electron chi connectivity index (χ4n) is 8.93. The number of rotatable bonds is 4. The first-order chi connectivity index (χ1) is 25.8. The number of benzene rings is 8. The van der Waals surface area contributed by atoms with Gasteiger partial charge in [-0.1, -0.05) is 152 Å². The van der Waals surface area contributed by atoms with E-state index >= 15 is 0 Å². The molecular weight excluding hydrogens is 631 g/mol. The highest BCUT2D eigenvalue weighted by molar-refractivity contribution is 6.28. The van der Waals surface area contributed by atoms with Crippen molar-refractivity contribution in [1.29, 1.82) is 0 Å². The van der Waals surface area contributed by atoms with Gasteiger partial charge in [0.25, 0.3) is 0 Å². The van der Waals surface area contributed by atoms with Crippen molar-refractivity contribution in [2.75, 3.05) is 0 Å². The Morgan fingerprint density at radius 2 is 1.00 bits per heavy atom. The predicted octanol–water partition coefficient (Wildman–Crippen LogP) is 13.0. The van der Waals surface area contributed by atoms with Crippen LogP contribution in [0.5, 0.6) is 0 Å². The molecule has 2 aromatic heterocycles. The van der Waals surface area contributed by atoms with Crippen molar-refractivity contribution in [2.24, 2.45) is 0 Å². The molecular formula is C50H31NO. The van der Waals surface area contributed by atoms with Crippen LogP contribution in [-0.2, 0) is 5.41 Å². The van der Waals surface area contributed by atoms with E-state index in [1.165, 1.54) is 44.3 Å². The van der Waals surface area contributed by atoms with E-state index in [2.05, 4.69) is 188 Å². The summed E-state index contributed by atoms with van der Waals surface area (Å²) < 4.78 is 6.59. The highest BCUT2D eigenvalue weighted by atomic mass is 16.3. The Hall–Kier alpha value is -6.77. The van der Waals surface area contributed by atoms with Gasteiger partial charge in [0.15, 0.2) is 0 Å². The van der Waals surface area contributed by atoms with Gasteiger partial charge in [-0.2, -0.15) is 0 Å². The Bertz CT molecular complexity index is 2960. The normalized spacial score (nSPS) is 13.2. The molecule has 2 heteroatoms. The zero-order valence-corrected chi connectivity index (χ0v) is 28.3. The van der Waals surface area contributed by atoms with E-state index in [0.29, 0.717) is 0 Å². The van der Waals surface area contributed by atoms with Crippen LogP contribution in [0.4, 0.5) is 0 Å². The van der Waals surface area contributed by atoms with Crippen molar-refractivity contribution < 1.29 is 4.42 Å². The molecule has 0 atom stereocenters. The van der Waals surface area contributed by atoms with Gasteiger partial charge in [-0.15, -0.1) is 0 Å². The van der Waals surface area contributed by atoms with Crippen LogP contribution in [0.2, 0.25) is 0 Å².